The second kappa shape index (κ2) is 4.91. The van der Waals surface area contributed by atoms with E-state index in [1.54, 1.807) is 11.7 Å². The molecule has 0 bridgehead atoms. The van der Waals surface area contributed by atoms with Gasteiger partial charge in [0.05, 0.1) is 17.1 Å². The van der Waals surface area contributed by atoms with Crippen molar-refractivity contribution < 1.29 is 4.79 Å². The lowest BCUT2D eigenvalue weighted by molar-refractivity contribution is 0.0721. The molecule has 7 nitrogen and oxygen atoms in total. The number of aryl methyl sites for hydroxylation is 3. The van der Waals surface area contributed by atoms with E-state index in [4.69, 9.17) is 0 Å². The fourth-order valence-electron chi connectivity index (χ4n) is 3.20. The van der Waals surface area contributed by atoms with Gasteiger partial charge in [-0.3, -0.25) is 9.48 Å². The highest BCUT2D eigenvalue weighted by Gasteiger charge is 2.26. The average Bonchev–Trinajstić information content (AvgIpc) is 3.07. The first-order valence-corrected chi connectivity index (χ1v) is 7.66. The fraction of sp³-hybridized carbons (Fsp3) is 0.375. The summed E-state index contributed by atoms with van der Waals surface area (Å²) in [5.41, 5.74) is 5.49. The Labute approximate surface area is 133 Å². The van der Waals surface area contributed by atoms with E-state index in [0.29, 0.717) is 18.8 Å². The van der Waals surface area contributed by atoms with Crippen molar-refractivity contribution in [1.82, 2.24) is 29.3 Å². The predicted octanol–water partition coefficient (Wildman–Crippen LogP) is 1.28. The molecule has 1 aliphatic rings. The van der Waals surface area contributed by atoms with Gasteiger partial charge in [-0.2, -0.15) is 10.2 Å². The number of hydrogen-bond acceptors (Lipinski definition) is 4. The van der Waals surface area contributed by atoms with Crippen LogP contribution in [0.1, 0.15) is 33.1 Å². The van der Waals surface area contributed by atoms with E-state index >= 15 is 0 Å². The van der Waals surface area contributed by atoms with E-state index < -0.39 is 0 Å². The van der Waals surface area contributed by atoms with Gasteiger partial charge in [0.1, 0.15) is 5.69 Å². The lowest BCUT2D eigenvalue weighted by atomic mass is 10.1. The highest BCUT2D eigenvalue weighted by atomic mass is 16.2. The summed E-state index contributed by atoms with van der Waals surface area (Å²) in [4.78, 5) is 19.0. The van der Waals surface area contributed by atoms with Crippen molar-refractivity contribution >= 4 is 11.6 Å². The molecule has 0 saturated carbocycles. The molecule has 0 aliphatic carbocycles. The molecule has 0 N–H and O–H groups in total. The van der Waals surface area contributed by atoms with Gasteiger partial charge in [-0.25, -0.2) is 9.50 Å². The zero-order valence-corrected chi connectivity index (χ0v) is 13.4. The maximum atomic E-state index is 12.7. The van der Waals surface area contributed by atoms with Crippen LogP contribution in [0.2, 0.25) is 0 Å². The van der Waals surface area contributed by atoms with E-state index in [1.165, 1.54) is 0 Å². The number of hydrogen-bond donors (Lipinski definition) is 0. The lowest BCUT2D eigenvalue weighted by Gasteiger charge is -2.28. The third kappa shape index (κ3) is 2.19. The van der Waals surface area contributed by atoms with Crippen LogP contribution in [0.25, 0.3) is 5.65 Å². The number of carbonyl (C=O) groups is 1. The zero-order valence-electron chi connectivity index (χ0n) is 13.4. The minimum atomic E-state index is 0.00972. The van der Waals surface area contributed by atoms with Gasteiger partial charge in [-0.15, -0.1) is 0 Å². The first kappa shape index (κ1) is 13.9. The molecule has 4 rings (SSSR count). The minimum Gasteiger partial charge on any atom is -0.332 e. The number of aromatic nitrogens is 5. The Kier molecular flexibility index (Phi) is 2.97. The molecule has 118 valence electrons. The van der Waals surface area contributed by atoms with Crippen molar-refractivity contribution in [2.75, 3.05) is 6.54 Å². The molecule has 0 fully saturated rings. The summed E-state index contributed by atoms with van der Waals surface area (Å²) in [6.45, 7) is 5.09. The van der Waals surface area contributed by atoms with Crippen LogP contribution in [0.3, 0.4) is 0 Å². The maximum Gasteiger partial charge on any atom is 0.272 e. The van der Waals surface area contributed by atoms with Gasteiger partial charge in [0, 0.05) is 44.4 Å². The van der Waals surface area contributed by atoms with Gasteiger partial charge in [0.15, 0.2) is 5.65 Å². The Morgan fingerprint density at radius 1 is 1.17 bits per heavy atom. The summed E-state index contributed by atoms with van der Waals surface area (Å²) in [7, 11) is 1.80. The molecule has 0 aromatic carbocycles. The van der Waals surface area contributed by atoms with E-state index in [-0.39, 0.29) is 5.91 Å². The van der Waals surface area contributed by atoms with Crippen LogP contribution >= 0.6 is 0 Å². The molecule has 1 amide bonds. The molecule has 0 radical (unpaired) electrons. The quantitative estimate of drug-likeness (QED) is 0.679. The summed E-state index contributed by atoms with van der Waals surface area (Å²) in [5, 5.41) is 8.77. The summed E-state index contributed by atoms with van der Waals surface area (Å²) in [6, 6.07) is 3.80. The van der Waals surface area contributed by atoms with Crippen LogP contribution in [0.4, 0.5) is 0 Å². The van der Waals surface area contributed by atoms with Crippen molar-refractivity contribution in [1.29, 1.82) is 0 Å². The molecular weight excluding hydrogens is 292 g/mol. The van der Waals surface area contributed by atoms with Crippen molar-refractivity contribution in [3.05, 3.63) is 46.7 Å². The lowest BCUT2D eigenvalue weighted by Crippen LogP contribution is -2.37. The molecule has 3 aromatic heterocycles. The molecule has 0 unspecified atom stereocenters. The zero-order chi connectivity index (χ0) is 16.1. The Hall–Kier alpha value is -2.70. The first-order valence-electron chi connectivity index (χ1n) is 7.66. The van der Waals surface area contributed by atoms with E-state index in [0.717, 1.165) is 34.7 Å². The normalized spacial score (nSPS) is 14.3. The monoisotopic (exact) mass is 310 g/mol. The average molecular weight is 310 g/mol. The van der Waals surface area contributed by atoms with Crippen LogP contribution < -0.4 is 0 Å². The fourth-order valence-corrected chi connectivity index (χ4v) is 3.20. The van der Waals surface area contributed by atoms with Gasteiger partial charge in [0.25, 0.3) is 5.91 Å². The van der Waals surface area contributed by atoms with Gasteiger partial charge in [-0.1, -0.05) is 0 Å². The molecule has 0 atom stereocenters. The standard InChI is InChI=1S/C16H18N6O/c1-10-6-14(20(3)18-10)16(23)21-5-4-13-12(9-21)8-17-15-7-11(2)19-22(13)15/h6-8H,4-5,9H2,1-3H3. The predicted molar refractivity (Wildman–Crippen MR) is 84.1 cm³/mol. The van der Waals surface area contributed by atoms with E-state index in [1.807, 2.05) is 41.6 Å². The number of nitrogens with zero attached hydrogens (tertiary/aromatic N) is 6. The maximum absolute atomic E-state index is 12.7. The first-order chi connectivity index (χ1) is 11.0. The molecule has 1 aliphatic heterocycles. The molecule has 4 heterocycles. The third-order valence-electron chi connectivity index (χ3n) is 4.28. The largest absolute Gasteiger partial charge is 0.332 e. The highest BCUT2D eigenvalue weighted by Crippen LogP contribution is 2.21. The Morgan fingerprint density at radius 3 is 2.70 bits per heavy atom. The van der Waals surface area contributed by atoms with Gasteiger partial charge in [0.2, 0.25) is 0 Å². The van der Waals surface area contributed by atoms with Gasteiger partial charge in [-0.05, 0) is 19.9 Å². The van der Waals surface area contributed by atoms with Crippen LogP contribution in [0.5, 0.6) is 0 Å². The Bertz CT molecular complexity index is 922. The number of fused-ring (bicyclic) bond motifs is 3. The second-order valence-corrected chi connectivity index (χ2v) is 6.06. The smallest absolute Gasteiger partial charge is 0.272 e. The SMILES string of the molecule is Cc1cc(C(=O)N2CCc3c(cnc4cc(C)nn34)C2)n(C)n1. The molecule has 0 saturated heterocycles. The van der Waals surface area contributed by atoms with Crippen molar-refractivity contribution in [3.8, 4) is 0 Å². The summed E-state index contributed by atoms with van der Waals surface area (Å²) in [6.07, 6.45) is 2.64. The number of amides is 1. The highest BCUT2D eigenvalue weighted by molar-refractivity contribution is 5.92. The Morgan fingerprint density at radius 2 is 1.96 bits per heavy atom. The topological polar surface area (TPSA) is 68.3 Å². The van der Waals surface area contributed by atoms with Crippen LogP contribution in [0.15, 0.2) is 18.3 Å². The molecule has 0 spiro atoms. The van der Waals surface area contributed by atoms with Crippen molar-refractivity contribution in [3.63, 3.8) is 0 Å². The molecule has 3 aromatic rings. The van der Waals surface area contributed by atoms with Crippen LogP contribution in [0, 0.1) is 13.8 Å². The molecular formula is C16H18N6O. The number of carbonyl (C=O) groups excluding carboxylic acids is 1. The van der Waals surface area contributed by atoms with Crippen LogP contribution in [-0.4, -0.2) is 41.7 Å². The summed E-state index contributed by atoms with van der Waals surface area (Å²) in [5.74, 6) is 0.00972. The third-order valence-corrected chi connectivity index (χ3v) is 4.28. The minimum absolute atomic E-state index is 0.00972. The summed E-state index contributed by atoms with van der Waals surface area (Å²) < 4.78 is 3.55. The van der Waals surface area contributed by atoms with Crippen LogP contribution in [-0.2, 0) is 20.0 Å². The Balaban J connectivity index is 1.67. The molecule has 23 heavy (non-hydrogen) atoms. The van der Waals surface area contributed by atoms with Crippen molar-refractivity contribution in [2.45, 2.75) is 26.8 Å². The van der Waals surface area contributed by atoms with Gasteiger partial charge >= 0.3 is 0 Å². The van der Waals surface area contributed by atoms with Gasteiger partial charge < -0.3 is 4.90 Å². The second-order valence-electron chi connectivity index (χ2n) is 6.06. The molecule has 7 heteroatoms. The van der Waals surface area contributed by atoms with E-state index in [2.05, 4.69) is 15.2 Å². The van der Waals surface area contributed by atoms with E-state index in [9.17, 15) is 4.79 Å². The summed E-state index contributed by atoms with van der Waals surface area (Å²) >= 11 is 0. The number of rotatable bonds is 1. The van der Waals surface area contributed by atoms with Crippen molar-refractivity contribution in [2.24, 2.45) is 7.05 Å².